The van der Waals surface area contributed by atoms with Crippen LogP contribution in [0.2, 0.25) is 0 Å². The summed E-state index contributed by atoms with van der Waals surface area (Å²) < 4.78 is 13.6. The van der Waals surface area contributed by atoms with Crippen LogP contribution in [0.25, 0.3) is 0 Å². The number of morpholine rings is 2. The molecule has 152 valence electrons. The molecule has 2 saturated heterocycles. The standard InChI is InChI=1S/C23H33N3O2/c1-19-22(17-24-8-12-27-13-9-24)23(18-25-10-14-28-15-11-25)20(2)26(19)16-21-6-4-3-5-7-21/h3-7H,8-18H2,1-2H3. The summed E-state index contributed by atoms with van der Waals surface area (Å²) in [6.07, 6.45) is 0. The molecule has 0 unspecified atom stereocenters. The van der Waals surface area contributed by atoms with Gasteiger partial charge in [0.15, 0.2) is 0 Å². The number of hydrogen-bond acceptors (Lipinski definition) is 4. The fraction of sp³-hybridized carbons (Fsp3) is 0.565. The van der Waals surface area contributed by atoms with Gasteiger partial charge in [-0.25, -0.2) is 0 Å². The normalized spacial score (nSPS) is 19.2. The smallest absolute Gasteiger partial charge is 0.0594 e. The van der Waals surface area contributed by atoms with Crippen LogP contribution in [0.5, 0.6) is 0 Å². The second kappa shape index (κ2) is 9.23. The van der Waals surface area contributed by atoms with Gasteiger partial charge in [0.05, 0.1) is 26.4 Å². The van der Waals surface area contributed by atoms with Gasteiger partial charge in [-0.05, 0) is 30.5 Å². The third kappa shape index (κ3) is 4.49. The average Bonchev–Trinajstić information content (AvgIpc) is 2.95. The molecule has 0 amide bonds. The van der Waals surface area contributed by atoms with E-state index in [4.69, 9.17) is 9.47 Å². The minimum Gasteiger partial charge on any atom is -0.379 e. The molecule has 2 fully saturated rings. The van der Waals surface area contributed by atoms with Crippen LogP contribution in [0, 0.1) is 13.8 Å². The maximum Gasteiger partial charge on any atom is 0.0594 e. The van der Waals surface area contributed by atoms with E-state index in [1.807, 2.05) is 0 Å². The molecule has 3 heterocycles. The molecule has 0 radical (unpaired) electrons. The van der Waals surface area contributed by atoms with E-state index in [1.165, 1.54) is 28.1 Å². The summed E-state index contributed by atoms with van der Waals surface area (Å²) in [5, 5.41) is 0. The van der Waals surface area contributed by atoms with Crippen molar-refractivity contribution in [2.75, 3.05) is 52.6 Å². The van der Waals surface area contributed by atoms with E-state index in [0.717, 1.165) is 72.2 Å². The van der Waals surface area contributed by atoms with Gasteiger partial charge in [-0.15, -0.1) is 0 Å². The molecule has 0 spiro atoms. The third-order valence-corrected chi connectivity index (χ3v) is 6.20. The summed E-state index contributed by atoms with van der Waals surface area (Å²) in [6, 6.07) is 10.8. The first-order valence-corrected chi connectivity index (χ1v) is 10.5. The first-order valence-electron chi connectivity index (χ1n) is 10.5. The van der Waals surface area contributed by atoms with Crippen LogP contribution in [0.3, 0.4) is 0 Å². The van der Waals surface area contributed by atoms with Crippen LogP contribution in [0.15, 0.2) is 30.3 Å². The van der Waals surface area contributed by atoms with E-state index in [1.54, 1.807) is 0 Å². The van der Waals surface area contributed by atoms with Crippen LogP contribution >= 0.6 is 0 Å². The van der Waals surface area contributed by atoms with Gasteiger partial charge >= 0.3 is 0 Å². The Hall–Kier alpha value is -1.66. The van der Waals surface area contributed by atoms with Crippen molar-refractivity contribution < 1.29 is 9.47 Å². The highest BCUT2D eigenvalue weighted by molar-refractivity contribution is 5.39. The predicted octanol–water partition coefficient (Wildman–Crippen LogP) is 2.82. The number of aromatic nitrogens is 1. The maximum atomic E-state index is 5.56. The van der Waals surface area contributed by atoms with Crippen molar-refractivity contribution in [2.24, 2.45) is 0 Å². The number of rotatable bonds is 6. The van der Waals surface area contributed by atoms with E-state index in [2.05, 4.69) is 58.5 Å². The van der Waals surface area contributed by atoms with Crippen molar-refractivity contribution in [3.05, 3.63) is 58.4 Å². The van der Waals surface area contributed by atoms with Crippen LogP contribution in [0.1, 0.15) is 28.1 Å². The zero-order chi connectivity index (χ0) is 19.3. The van der Waals surface area contributed by atoms with Crippen molar-refractivity contribution in [3.8, 4) is 0 Å². The van der Waals surface area contributed by atoms with Gasteiger partial charge in [-0.3, -0.25) is 9.80 Å². The van der Waals surface area contributed by atoms with Crippen molar-refractivity contribution in [1.82, 2.24) is 14.4 Å². The molecule has 28 heavy (non-hydrogen) atoms. The van der Waals surface area contributed by atoms with Crippen molar-refractivity contribution in [3.63, 3.8) is 0 Å². The molecule has 1 aromatic carbocycles. The van der Waals surface area contributed by atoms with Gasteiger partial charge in [0.1, 0.15) is 0 Å². The largest absolute Gasteiger partial charge is 0.379 e. The summed E-state index contributed by atoms with van der Waals surface area (Å²) in [5.41, 5.74) is 7.22. The topological polar surface area (TPSA) is 29.9 Å². The molecule has 0 saturated carbocycles. The maximum absolute atomic E-state index is 5.56. The van der Waals surface area contributed by atoms with Crippen LogP contribution in [-0.2, 0) is 29.1 Å². The SMILES string of the molecule is Cc1c(CN2CCOCC2)c(CN2CCOCC2)c(C)n1Cc1ccccc1. The molecule has 2 aromatic rings. The monoisotopic (exact) mass is 383 g/mol. The Morgan fingerprint density at radius 1 is 0.679 bits per heavy atom. The molecule has 4 rings (SSSR count). The Kier molecular flexibility index (Phi) is 6.47. The minimum atomic E-state index is 0.849. The highest BCUT2D eigenvalue weighted by Gasteiger charge is 2.23. The Labute approximate surface area is 168 Å². The fourth-order valence-electron chi connectivity index (χ4n) is 4.40. The molecule has 1 aromatic heterocycles. The van der Waals surface area contributed by atoms with Crippen molar-refractivity contribution in [2.45, 2.75) is 33.5 Å². The van der Waals surface area contributed by atoms with Crippen LogP contribution in [-0.4, -0.2) is 67.0 Å². The molecule has 5 nitrogen and oxygen atoms in total. The van der Waals surface area contributed by atoms with Gasteiger partial charge in [0.25, 0.3) is 0 Å². The van der Waals surface area contributed by atoms with Crippen molar-refractivity contribution in [1.29, 1.82) is 0 Å². The molecular weight excluding hydrogens is 350 g/mol. The second-order valence-corrected chi connectivity index (χ2v) is 7.98. The zero-order valence-corrected chi connectivity index (χ0v) is 17.3. The molecule has 0 atom stereocenters. The lowest BCUT2D eigenvalue weighted by Crippen LogP contribution is -2.37. The van der Waals surface area contributed by atoms with Gasteiger partial charge in [-0.1, -0.05) is 30.3 Å². The number of hydrogen-bond donors (Lipinski definition) is 0. The molecule has 2 aliphatic rings. The van der Waals surface area contributed by atoms with Gasteiger partial charge < -0.3 is 14.0 Å². The fourth-order valence-corrected chi connectivity index (χ4v) is 4.40. The van der Waals surface area contributed by atoms with Gasteiger partial charge in [0.2, 0.25) is 0 Å². The van der Waals surface area contributed by atoms with Crippen LogP contribution in [0.4, 0.5) is 0 Å². The lowest BCUT2D eigenvalue weighted by Gasteiger charge is -2.29. The Morgan fingerprint density at radius 3 is 1.61 bits per heavy atom. The van der Waals surface area contributed by atoms with E-state index >= 15 is 0 Å². The molecule has 0 aliphatic carbocycles. The van der Waals surface area contributed by atoms with E-state index < -0.39 is 0 Å². The molecular formula is C23H33N3O2. The summed E-state index contributed by atoms with van der Waals surface area (Å²) in [4.78, 5) is 5.09. The first kappa shape index (κ1) is 19.6. The number of benzene rings is 1. The molecule has 2 aliphatic heterocycles. The van der Waals surface area contributed by atoms with Gasteiger partial charge in [0, 0.05) is 57.2 Å². The molecule has 0 bridgehead atoms. The lowest BCUT2D eigenvalue weighted by molar-refractivity contribution is 0.0309. The third-order valence-electron chi connectivity index (χ3n) is 6.20. The predicted molar refractivity (Wildman–Crippen MR) is 112 cm³/mol. The zero-order valence-electron chi connectivity index (χ0n) is 17.3. The minimum absolute atomic E-state index is 0.849. The highest BCUT2D eigenvalue weighted by atomic mass is 16.5. The number of ether oxygens (including phenoxy) is 2. The summed E-state index contributed by atoms with van der Waals surface area (Å²) in [7, 11) is 0. The quantitative estimate of drug-likeness (QED) is 0.767. The first-order chi connectivity index (χ1) is 13.7. The van der Waals surface area contributed by atoms with E-state index in [-0.39, 0.29) is 0 Å². The number of nitrogens with zero attached hydrogens (tertiary/aromatic N) is 3. The Bertz CT molecular complexity index is 716. The highest BCUT2D eigenvalue weighted by Crippen LogP contribution is 2.27. The van der Waals surface area contributed by atoms with Crippen LogP contribution < -0.4 is 0 Å². The van der Waals surface area contributed by atoms with Gasteiger partial charge in [-0.2, -0.15) is 0 Å². The summed E-state index contributed by atoms with van der Waals surface area (Å²) in [5.74, 6) is 0. The Balaban J connectivity index is 1.63. The van der Waals surface area contributed by atoms with E-state index in [9.17, 15) is 0 Å². The lowest BCUT2D eigenvalue weighted by atomic mass is 10.1. The van der Waals surface area contributed by atoms with Crippen molar-refractivity contribution >= 4 is 0 Å². The summed E-state index contributed by atoms with van der Waals surface area (Å²) >= 11 is 0. The molecule has 5 heteroatoms. The second-order valence-electron chi connectivity index (χ2n) is 7.98. The van der Waals surface area contributed by atoms with E-state index in [0.29, 0.717) is 0 Å². The average molecular weight is 384 g/mol. The summed E-state index contributed by atoms with van der Waals surface area (Å²) in [6.45, 7) is 15.1. The molecule has 0 N–H and O–H groups in total. The Morgan fingerprint density at radius 2 is 1.14 bits per heavy atom.